The van der Waals surface area contributed by atoms with Crippen LogP contribution < -0.4 is 16.0 Å². The molecule has 0 bridgehead atoms. The van der Waals surface area contributed by atoms with Gasteiger partial charge in [-0.05, 0) is 20.3 Å². The van der Waals surface area contributed by atoms with Crippen LogP contribution in [0.3, 0.4) is 0 Å². The first-order valence-electron chi connectivity index (χ1n) is 8.81. The van der Waals surface area contributed by atoms with Crippen LogP contribution in [0.4, 0.5) is 0 Å². The highest BCUT2D eigenvalue weighted by Crippen LogP contribution is 2.11. The smallest absolute Gasteiger partial charge is 0.222 e. The maximum Gasteiger partial charge on any atom is 0.222 e. The van der Waals surface area contributed by atoms with Crippen LogP contribution in [0, 0.1) is 6.92 Å². The van der Waals surface area contributed by atoms with E-state index in [2.05, 4.69) is 31.3 Å². The molecule has 2 rings (SSSR count). The zero-order chi connectivity index (χ0) is 19.0. The number of rotatable bonds is 8. The first kappa shape index (κ1) is 20.6. The predicted molar refractivity (Wildman–Crippen MR) is 104 cm³/mol. The largest absolute Gasteiger partial charge is 0.357 e. The Balaban J connectivity index is 1.70. The first-order chi connectivity index (χ1) is 12.4. The molecule has 1 aliphatic heterocycles. The number of sulfone groups is 1. The molecule has 10 heteroatoms. The summed E-state index contributed by atoms with van der Waals surface area (Å²) in [6.45, 7) is 5.75. The summed E-state index contributed by atoms with van der Waals surface area (Å²) in [5, 5.41) is 12.2. The summed E-state index contributed by atoms with van der Waals surface area (Å²) >= 11 is 1.64. The number of hydrogen-bond acceptors (Lipinski definition) is 6. The summed E-state index contributed by atoms with van der Waals surface area (Å²) < 4.78 is 22.8. The second-order valence-electron chi connectivity index (χ2n) is 6.21. The molecule has 1 aliphatic rings. The van der Waals surface area contributed by atoms with E-state index >= 15 is 0 Å². The van der Waals surface area contributed by atoms with Gasteiger partial charge in [0.15, 0.2) is 15.8 Å². The SMILES string of the molecule is CCNC(=NCCC(=O)NC1CCS(=O)(=O)C1)NCCc1csc(C)n1. The second kappa shape index (κ2) is 9.86. The maximum atomic E-state index is 11.9. The van der Waals surface area contributed by atoms with Gasteiger partial charge in [0, 0.05) is 37.4 Å². The molecule has 0 spiro atoms. The molecule has 1 amide bonds. The van der Waals surface area contributed by atoms with Gasteiger partial charge in [-0.15, -0.1) is 11.3 Å². The maximum absolute atomic E-state index is 11.9. The van der Waals surface area contributed by atoms with Gasteiger partial charge >= 0.3 is 0 Å². The third-order valence-corrected chi connectivity index (χ3v) is 6.48. The van der Waals surface area contributed by atoms with Gasteiger partial charge in [0.2, 0.25) is 5.91 Å². The van der Waals surface area contributed by atoms with Crippen molar-refractivity contribution in [1.29, 1.82) is 0 Å². The van der Waals surface area contributed by atoms with E-state index in [1.165, 1.54) is 0 Å². The van der Waals surface area contributed by atoms with E-state index in [0.29, 0.717) is 25.5 Å². The molecule has 1 unspecified atom stereocenters. The number of aliphatic imine (C=N–C) groups is 1. The summed E-state index contributed by atoms with van der Waals surface area (Å²) in [7, 11) is -2.98. The molecule has 1 aromatic rings. The molecule has 0 aliphatic carbocycles. The van der Waals surface area contributed by atoms with E-state index in [9.17, 15) is 13.2 Å². The Morgan fingerprint density at radius 3 is 2.85 bits per heavy atom. The molecule has 1 aromatic heterocycles. The van der Waals surface area contributed by atoms with Gasteiger partial charge in [-0.25, -0.2) is 13.4 Å². The van der Waals surface area contributed by atoms with Crippen LogP contribution in [-0.2, 0) is 21.1 Å². The lowest BCUT2D eigenvalue weighted by Crippen LogP contribution is -2.39. The number of aryl methyl sites for hydroxylation is 1. The van der Waals surface area contributed by atoms with Crippen LogP contribution in [0.5, 0.6) is 0 Å². The summed E-state index contributed by atoms with van der Waals surface area (Å²) in [4.78, 5) is 20.7. The van der Waals surface area contributed by atoms with Crippen LogP contribution >= 0.6 is 11.3 Å². The van der Waals surface area contributed by atoms with Gasteiger partial charge in [0.05, 0.1) is 28.8 Å². The number of guanidine groups is 1. The Labute approximate surface area is 158 Å². The number of nitrogens with one attached hydrogen (secondary N) is 3. The van der Waals surface area contributed by atoms with Gasteiger partial charge in [-0.3, -0.25) is 9.79 Å². The zero-order valence-electron chi connectivity index (χ0n) is 15.2. The highest BCUT2D eigenvalue weighted by atomic mass is 32.2. The molecule has 3 N–H and O–H groups in total. The summed E-state index contributed by atoms with van der Waals surface area (Å²) in [5.74, 6) is 0.700. The van der Waals surface area contributed by atoms with Crippen LogP contribution in [0.1, 0.15) is 30.5 Å². The molecule has 1 fully saturated rings. The van der Waals surface area contributed by atoms with Crippen molar-refractivity contribution in [3.8, 4) is 0 Å². The lowest BCUT2D eigenvalue weighted by molar-refractivity contribution is -0.121. The van der Waals surface area contributed by atoms with Gasteiger partial charge in [0.1, 0.15) is 0 Å². The van der Waals surface area contributed by atoms with Gasteiger partial charge in [0.25, 0.3) is 0 Å². The van der Waals surface area contributed by atoms with Crippen LogP contribution in [0.15, 0.2) is 10.4 Å². The molecular formula is C16H27N5O3S2. The number of nitrogens with zero attached hydrogens (tertiary/aromatic N) is 2. The molecule has 2 heterocycles. The van der Waals surface area contributed by atoms with E-state index in [0.717, 1.165) is 23.7 Å². The van der Waals surface area contributed by atoms with Gasteiger partial charge in [-0.1, -0.05) is 0 Å². The van der Waals surface area contributed by atoms with E-state index < -0.39 is 9.84 Å². The van der Waals surface area contributed by atoms with Crippen molar-refractivity contribution in [3.63, 3.8) is 0 Å². The Morgan fingerprint density at radius 1 is 1.42 bits per heavy atom. The molecule has 146 valence electrons. The molecular weight excluding hydrogens is 374 g/mol. The first-order valence-corrected chi connectivity index (χ1v) is 11.5. The minimum atomic E-state index is -2.98. The van der Waals surface area contributed by atoms with Crippen LogP contribution in [0.2, 0.25) is 0 Å². The van der Waals surface area contributed by atoms with E-state index in [4.69, 9.17) is 0 Å². The Bertz CT molecular complexity index is 730. The molecule has 1 atom stereocenters. The molecule has 1 saturated heterocycles. The van der Waals surface area contributed by atoms with E-state index in [-0.39, 0.29) is 29.9 Å². The average Bonchev–Trinajstić information content (AvgIpc) is 3.12. The molecule has 8 nitrogen and oxygen atoms in total. The zero-order valence-corrected chi connectivity index (χ0v) is 16.9. The van der Waals surface area contributed by atoms with Crippen LogP contribution in [0.25, 0.3) is 0 Å². The standard InChI is InChI=1S/C16H27N5O3S2/c1-3-17-16(18-7-4-13-10-25-12(2)20-13)19-8-5-15(22)21-14-6-9-26(23,24)11-14/h10,14H,3-9,11H2,1-2H3,(H,21,22)(H2,17,18,19). The van der Waals surface area contributed by atoms with Crippen molar-refractivity contribution < 1.29 is 13.2 Å². The van der Waals surface area contributed by atoms with E-state index in [1.54, 1.807) is 11.3 Å². The Hall–Kier alpha value is -1.68. The predicted octanol–water partition coefficient (Wildman–Crippen LogP) is 0.243. The third kappa shape index (κ3) is 7.28. The van der Waals surface area contributed by atoms with Crippen molar-refractivity contribution in [2.75, 3.05) is 31.1 Å². The highest BCUT2D eigenvalue weighted by molar-refractivity contribution is 7.91. The monoisotopic (exact) mass is 401 g/mol. The van der Waals surface area contributed by atoms with Crippen molar-refractivity contribution >= 4 is 33.0 Å². The van der Waals surface area contributed by atoms with Gasteiger partial charge in [-0.2, -0.15) is 0 Å². The van der Waals surface area contributed by atoms with Crippen molar-refractivity contribution in [2.24, 2.45) is 4.99 Å². The number of aromatic nitrogens is 1. The topological polar surface area (TPSA) is 113 Å². The minimum Gasteiger partial charge on any atom is -0.357 e. The Morgan fingerprint density at radius 2 is 2.23 bits per heavy atom. The van der Waals surface area contributed by atoms with Crippen molar-refractivity contribution in [3.05, 3.63) is 16.1 Å². The highest BCUT2D eigenvalue weighted by Gasteiger charge is 2.28. The number of amides is 1. The number of hydrogen-bond donors (Lipinski definition) is 3. The molecule has 0 aromatic carbocycles. The lowest BCUT2D eigenvalue weighted by atomic mass is 10.2. The molecule has 0 radical (unpaired) electrons. The minimum absolute atomic E-state index is 0.0439. The molecule has 26 heavy (non-hydrogen) atoms. The van der Waals surface area contributed by atoms with Crippen molar-refractivity contribution in [1.82, 2.24) is 20.9 Å². The van der Waals surface area contributed by atoms with Crippen LogP contribution in [-0.4, -0.2) is 62.5 Å². The van der Waals surface area contributed by atoms with Gasteiger partial charge < -0.3 is 16.0 Å². The number of thiazole rings is 1. The fraction of sp³-hybridized carbons (Fsp3) is 0.688. The van der Waals surface area contributed by atoms with Crippen molar-refractivity contribution in [2.45, 2.75) is 39.2 Å². The fourth-order valence-electron chi connectivity index (χ4n) is 2.65. The normalized spacial score (nSPS) is 19.3. The quantitative estimate of drug-likeness (QED) is 0.425. The lowest BCUT2D eigenvalue weighted by Gasteiger charge is -2.12. The number of carbonyl (C=O) groups is 1. The molecule has 0 saturated carbocycles. The third-order valence-electron chi connectivity index (χ3n) is 3.89. The fourth-order valence-corrected chi connectivity index (χ4v) is 4.97. The summed E-state index contributed by atoms with van der Waals surface area (Å²) in [6, 6.07) is -0.260. The summed E-state index contributed by atoms with van der Waals surface area (Å²) in [6.07, 6.45) is 1.54. The Kier molecular flexibility index (Phi) is 7.83. The average molecular weight is 402 g/mol. The van der Waals surface area contributed by atoms with E-state index in [1.807, 2.05) is 13.8 Å². The second-order valence-corrected chi connectivity index (χ2v) is 9.50. The number of carbonyl (C=O) groups excluding carboxylic acids is 1. The summed E-state index contributed by atoms with van der Waals surface area (Å²) in [5.41, 5.74) is 1.06.